The molecule has 4 rings (SSSR count). The summed E-state index contributed by atoms with van der Waals surface area (Å²) < 4.78 is 14.7. The number of nitrogens with zero attached hydrogens (tertiary/aromatic N) is 2. The van der Waals surface area contributed by atoms with Crippen LogP contribution in [0.4, 0.5) is 4.39 Å². The minimum Gasteiger partial charge on any atom is -0.503 e. The van der Waals surface area contributed by atoms with Gasteiger partial charge in [-0.15, -0.1) is 11.3 Å². The van der Waals surface area contributed by atoms with E-state index in [0.717, 1.165) is 5.56 Å². The number of carbonyl (C=O) groups excluding carboxylic acids is 2. The number of hydrogen-bond donors (Lipinski definition) is 1. The van der Waals surface area contributed by atoms with Gasteiger partial charge in [-0.2, -0.15) is 0 Å². The number of aromatic nitrogens is 1. The fourth-order valence-corrected chi connectivity index (χ4v) is 4.84. The number of aliphatic hydroxyl groups is 1. The molecule has 7 heteroatoms. The van der Waals surface area contributed by atoms with Gasteiger partial charge < -0.3 is 10.0 Å². The average molecular weight is 437 g/mol. The Morgan fingerprint density at radius 2 is 1.84 bits per heavy atom. The molecule has 31 heavy (non-hydrogen) atoms. The first-order valence-corrected chi connectivity index (χ1v) is 10.8. The van der Waals surface area contributed by atoms with Gasteiger partial charge in [0.1, 0.15) is 10.8 Å². The Hall–Kier alpha value is -3.32. The lowest BCUT2D eigenvalue weighted by Crippen LogP contribution is -2.32. The van der Waals surface area contributed by atoms with Crippen molar-refractivity contribution in [2.75, 3.05) is 6.54 Å². The summed E-state index contributed by atoms with van der Waals surface area (Å²) in [6.07, 6.45) is 0.600. The first-order valence-electron chi connectivity index (χ1n) is 10.00. The summed E-state index contributed by atoms with van der Waals surface area (Å²) in [4.78, 5) is 32.5. The van der Waals surface area contributed by atoms with Gasteiger partial charge in [-0.05, 0) is 19.4 Å². The zero-order valence-corrected chi connectivity index (χ0v) is 17.9. The number of amides is 1. The Kier molecular flexibility index (Phi) is 5.69. The molecule has 1 amide bonds. The van der Waals surface area contributed by atoms with E-state index in [9.17, 15) is 19.1 Å². The largest absolute Gasteiger partial charge is 0.503 e. The van der Waals surface area contributed by atoms with Crippen molar-refractivity contribution in [3.63, 3.8) is 0 Å². The number of hydrogen-bond acceptors (Lipinski definition) is 5. The molecule has 1 unspecified atom stereocenters. The van der Waals surface area contributed by atoms with E-state index in [2.05, 4.69) is 4.98 Å². The Balaban J connectivity index is 1.81. The fourth-order valence-electron chi connectivity index (χ4n) is 3.81. The van der Waals surface area contributed by atoms with Crippen LogP contribution in [-0.4, -0.2) is 33.2 Å². The van der Waals surface area contributed by atoms with Crippen LogP contribution in [0.25, 0.3) is 10.6 Å². The molecular weight excluding hydrogens is 415 g/mol. The molecule has 3 aromatic rings. The highest BCUT2D eigenvalue weighted by atomic mass is 32.1. The molecule has 1 aliphatic heterocycles. The molecule has 1 aliphatic rings. The molecular formula is C24H21FN2O3S. The van der Waals surface area contributed by atoms with Gasteiger partial charge in [0, 0.05) is 17.7 Å². The van der Waals surface area contributed by atoms with Crippen molar-refractivity contribution in [3.05, 3.63) is 87.9 Å². The summed E-state index contributed by atoms with van der Waals surface area (Å²) >= 11 is 1.20. The van der Waals surface area contributed by atoms with E-state index in [-0.39, 0.29) is 17.7 Å². The van der Waals surface area contributed by atoms with E-state index in [1.807, 2.05) is 37.3 Å². The molecule has 2 aromatic carbocycles. The minimum absolute atomic E-state index is 0.102. The highest BCUT2D eigenvalue weighted by Crippen LogP contribution is 2.41. The van der Waals surface area contributed by atoms with Crippen molar-refractivity contribution in [3.8, 4) is 10.6 Å². The number of thiazole rings is 1. The van der Waals surface area contributed by atoms with Gasteiger partial charge in [-0.25, -0.2) is 9.37 Å². The van der Waals surface area contributed by atoms with Gasteiger partial charge in [-0.1, -0.05) is 55.5 Å². The van der Waals surface area contributed by atoms with E-state index in [4.69, 9.17) is 0 Å². The van der Waals surface area contributed by atoms with Crippen molar-refractivity contribution >= 4 is 23.0 Å². The lowest BCUT2D eigenvalue weighted by atomic mass is 9.94. The van der Waals surface area contributed by atoms with Gasteiger partial charge in [0.25, 0.3) is 5.91 Å². The maximum atomic E-state index is 14.7. The third kappa shape index (κ3) is 3.65. The molecule has 1 aromatic heterocycles. The summed E-state index contributed by atoms with van der Waals surface area (Å²) in [6, 6.07) is 14.5. The predicted molar refractivity (Wildman–Crippen MR) is 117 cm³/mol. The van der Waals surface area contributed by atoms with Crippen LogP contribution in [0, 0.1) is 12.7 Å². The molecule has 0 spiro atoms. The van der Waals surface area contributed by atoms with Crippen LogP contribution in [-0.2, 0) is 4.79 Å². The van der Waals surface area contributed by atoms with Gasteiger partial charge in [-0.3, -0.25) is 9.59 Å². The molecule has 1 atom stereocenters. The standard InChI is InChI=1S/C24H21FN2O3S/c1-3-13-27-19(16-11-7-8-12-17(16)25)18(21(29)24(27)30)20(28)22-14(2)26-23(31-22)15-9-5-4-6-10-15/h4-12,19,29H,3,13H2,1-2H3. The maximum absolute atomic E-state index is 14.7. The molecule has 5 nitrogen and oxygen atoms in total. The number of aliphatic hydroxyl groups excluding tert-OH is 1. The third-order valence-electron chi connectivity index (χ3n) is 5.24. The molecule has 0 saturated heterocycles. The van der Waals surface area contributed by atoms with E-state index in [0.29, 0.717) is 22.0 Å². The molecule has 2 heterocycles. The summed E-state index contributed by atoms with van der Waals surface area (Å²) in [5.41, 5.74) is 1.45. The minimum atomic E-state index is -0.983. The second kappa shape index (κ2) is 8.43. The maximum Gasteiger partial charge on any atom is 0.290 e. The molecule has 0 aliphatic carbocycles. The van der Waals surface area contributed by atoms with E-state index in [1.54, 1.807) is 19.1 Å². The lowest BCUT2D eigenvalue weighted by molar-refractivity contribution is -0.129. The molecule has 0 bridgehead atoms. The number of Topliss-reactive ketones (excluding diaryl/α,β-unsaturated/α-hetero) is 1. The van der Waals surface area contributed by atoms with Crippen molar-refractivity contribution in [2.45, 2.75) is 26.3 Å². The highest BCUT2D eigenvalue weighted by Gasteiger charge is 2.45. The zero-order chi connectivity index (χ0) is 22.1. The van der Waals surface area contributed by atoms with E-state index in [1.165, 1.54) is 28.4 Å². The van der Waals surface area contributed by atoms with Crippen molar-refractivity contribution in [1.29, 1.82) is 0 Å². The van der Waals surface area contributed by atoms with Crippen LogP contribution in [0.5, 0.6) is 0 Å². The van der Waals surface area contributed by atoms with Gasteiger partial charge in [0.2, 0.25) is 5.78 Å². The van der Waals surface area contributed by atoms with Crippen LogP contribution < -0.4 is 0 Å². The molecule has 0 fully saturated rings. The van der Waals surface area contributed by atoms with Crippen LogP contribution in [0.3, 0.4) is 0 Å². The smallest absolute Gasteiger partial charge is 0.290 e. The first-order chi connectivity index (χ1) is 14.9. The number of aryl methyl sites for hydroxylation is 1. The topological polar surface area (TPSA) is 70.5 Å². The van der Waals surface area contributed by atoms with Crippen LogP contribution in [0.15, 0.2) is 65.9 Å². The second-order valence-corrected chi connectivity index (χ2v) is 8.31. The summed E-state index contributed by atoms with van der Waals surface area (Å²) in [7, 11) is 0. The summed E-state index contributed by atoms with van der Waals surface area (Å²) in [6.45, 7) is 3.88. The quantitative estimate of drug-likeness (QED) is 0.536. The fraction of sp³-hybridized carbons (Fsp3) is 0.208. The van der Waals surface area contributed by atoms with Crippen LogP contribution in [0.2, 0.25) is 0 Å². The van der Waals surface area contributed by atoms with Gasteiger partial charge in [0.05, 0.1) is 22.2 Å². The number of benzene rings is 2. The number of carbonyl (C=O) groups is 2. The lowest BCUT2D eigenvalue weighted by Gasteiger charge is -2.26. The predicted octanol–water partition coefficient (Wildman–Crippen LogP) is 5.25. The third-order valence-corrected chi connectivity index (χ3v) is 6.44. The van der Waals surface area contributed by atoms with Gasteiger partial charge >= 0.3 is 0 Å². The average Bonchev–Trinajstić information content (AvgIpc) is 3.28. The Morgan fingerprint density at radius 1 is 1.16 bits per heavy atom. The second-order valence-electron chi connectivity index (χ2n) is 7.31. The summed E-state index contributed by atoms with van der Waals surface area (Å²) in [5.74, 6) is -2.33. The SMILES string of the molecule is CCCN1C(=O)C(O)=C(C(=O)c2sc(-c3ccccc3)nc2C)C1c1ccccc1F. The zero-order valence-electron chi connectivity index (χ0n) is 17.1. The Morgan fingerprint density at radius 3 is 2.52 bits per heavy atom. The van der Waals surface area contributed by atoms with E-state index >= 15 is 0 Å². The molecule has 1 N–H and O–H groups in total. The van der Waals surface area contributed by atoms with E-state index < -0.39 is 29.3 Å². The molecule has 158 valence electrons. The van der Waals surface area contributed by atoms with Crippen molar-refractivity contribution in [1.82, 2.24) is 9.88 Å². The molecule has 0 radical (unpaired) electrons. The Labute approximate surface area is 183 Å². The van der Waals surface area contributed by atoms with Crippen molar-refractivity contribution in [2.24, 2.45) is 0 Å². The molecule has 0 saturated carbocycles. The van der Waals surface area contributed by atoms with Crippen LogP contribution in [0.1, 0.15) is 40.3 Å². The Bertz CT molecular complexity index is 1190. The highest BCUT2D eigenvalue weighted by molar-refractivity contribution is 7.17. The monoisotopic (exact) mass is 436 g/mol. The number of ketones is 1. The number of rotatable bonds is 6. The summed E-state index contributed by atoms with van der Waals surface area (Å²) in [5, 5.41) is 11.3. The van der Waals surface area contributed by atoms with Gasteiger partial charge in [0.15, 0.2) is 5.76 Å². The first kappa shape index (κ1) is 20.9. The normalized spacial score (nSPS) is 16.3. The number of halogens is 1. The van der Waals surface area contributed by atoms with Crippen molar-refractivity contribution < 1.29 is 19.1 Å². The van der Waals surface area contributed by atoms with Crippen LogP contribution >= 0.6 is 11.3 Å².